The fourth-order valence-electron chi connectivity index (χ4n) is 3.17. The minimum atomic E-state index is -3.46. The summed E-state index contributed by atoms with van der Waals surface area (Å²) in [6.45, 7) is 1.06. The van der Waals surface area contributed by atoms with E-state index in [0.717, 1.165) is 18.4 Å². The number of aromatic nitrogens is 1. The van der Waals surface area contributed by atoms with Crippen molar-refractivity contribution in [3.8, 4) is 11.5 Å². The number of hydrogen-bond donors (Lipinski definition) is 0. The number of rotatable bonds is 6. The molecule has 7 heteroatoms. The van der Waals surface area contributed by atoms with Gasteiger partial charge in [-0.1, -0.05) is 6.07 Å². The highest BCUT2D eigenvalue weighted by molar-refractivity contribution is 7.89. The van der Waals surface area contributed by atoms with Gasteiger partial charge < -0.3 is 9.47 Å². The number of nitrogens with zero attached hydrogens (tertiary/aromatic N) is 2. The third-order valence-corrected chi connectivity index (χ3v) is 6.34. The van der Waals surface area contributed by atoms with Crippen LogP contribution in [0.25, 0.3) is 0 Å². The maximum absolute atomic E-state index is 12.7. The molecule has 1 saturated heterocycles. The molecule has 1 aromatic carbocycles. The number of hydrogen-bond acceptors (Lipinski definition) is 5. The molecule has 0 radical (unpaired) electrons. The lowest BCUT2D eigenvalue weighted by atomic mass is 9.98. The predicted molar refractivity (Wildman–Crippen MR) is 94.4 cm³/mol. The first-order valence-corrected chi connectivity index (χ1v) is 9.59. The zero-order valence-electron chi connectivity index (χ0n) is 14.4. The van der Waals surface area contributed by atoms with Crippen LogP contribution in [0.5, 0.6) is 11.5 Å². The van der Waals surface area contributed by atoms with Gasteiger partial charge >= 0.3 is 0 Å². The lowest BCUT2D eigenvalue weighted by molar-refractivity contribution is 0.354. The summed E-state index contributed by atoms with van der Waals surface area (Å²) in [5.74, 6) is 1.67. The van der Waals surface area contributed by atoms with Crippen LogP contribution >= 0.6 is 0 Å². The summed E-state index contributed by atoms with van der Waals surface area (Å²) in [5, 5.41) is 0. The van der Waals surface area contributed by atoms with Crippen LogP contribution in [-0.4, -0.2) is 45.0 Å². The summed E-state index contributed by atoms with van der Waals surface area (Å²) in [6.07, 6.45) is 4.62. The highest BCUT2D eigenvalue weighted by Crippen LogP contribution is 2.31. The highest BCUT2D eigenvalue weighted by Gasteiger charge is 2.32. The van der Waals surface area contributed by atoms with Crippen molar-refractivity contribution in [3.63, 3.8) is 0 Å². The van der Waals surface area contributed by atoms with E-state index in [1.165, 1.54) is 6.20 Å². The number of benzene rings is 1. The van der Waals surface area contributed by atoms with Crippen LogP contribution in [0.1, 0.15) is 12.0 Å². The van der Waals surface area contributed by atoms with Crippen molar-refractivity contribution in [2.75, 3.05) is 27.3 Å². The smallest absolute Gasteiger partial charge is 0.244 e. The number of methoxy groups -OCH3 is 2. The van der Waals surface area contributed by atoms with Crippen LogP contribution in [0.15, 0.2) is 47.6 Å². The second kappa shape index (κ2) is 7.41. The van der Waals surface area contributed by atoms with Gasteiger partial charge in [0.1, 0.15) is 4.90 Å². The van der Waals surface area contributed by atoms with Crippen molar-refractivity contribution in [1.82, 2.24) is 9.29 Å². The minimum Gasteiger partial charge on any atom is -0.493 e. The summed E-state index contributed by atoms with van der Waals surface area (Å²) < 4.78 is 37.5. The third kappa shape index (κ3) is 3.77. The molecule has 0 spiro atoms. The van der Waals surface area contributed by atoms with Crippen molar-refractivity contribution < 1.29 is 17.9 Å². The van der Waals surface area contributed by atoms with Gasteiger partial charge in [-0.15, -0.1) is 0 Å². The molecular weight excluding hydrogens is 340 g/mol. The second-order valence-corrected chi connectivity index (χ2v) is 8.04. The number of sulfonamides is 1. The predicted octanol–water partition coefficient (Wildman–Crippen LogP) is 2.35. The monoisotopic (exact) mass is 362 g/mol. The van der Waals surface area contributed by atoms with Gasteiger partial charge in [0.25, 0.3) is 0 Å². The maximum Gasteiger partial charge on any atom is 0.244 e. The molecule has 1 fully saturated rings. The molecule has 0 amide bonds. The number of pyridine rings is 1. The van der Waals surface area contributed by atoms with Crippen LogP contribution in [0.2, 0.25) is 0 Å². The Morgan fingerprint density at radius 1 is 1.20 bits per heavy atom. The van der Waals surface area contributed by atoms with Crippen LogP contribution < -0.4 is 9.47 Å². The van der Waals surface area contributed by atoms with Gasteiger partial charge in [-0.2, -0.15) is 4.31 Å². The Kier molecular flexibility index (Phi) is 5.24. The molecule has 1 aromatic heterocycles. The molecular formula is C18H22N2O4S. The topological polar surface area (TPSA) is 68.7 Å². The van der Waals surface area contributed by atoms with E-state index in [1.54, 1.807) is 36.9 Å². The molecule has 1 aliphatic heterocycles. The van der Waals surface area contributed by atoms with E-state index in [4.69, 9.17) is 9.47 Å². The average molecular weight is 362 g/mol. The third-order valence-electron chi connectivity index (χ3n) is 4.49. The van der Waals surface area contributed by atoms with Gasteiger partial charge in [0.05, 0.1) is 14.2 Å². The lowest BCUT2D eigenvalue weighted by Crippen LogP contribution is -2.29. The van der Waals surface area contributed by atoms with Crippen molar-refractivity contribution in [1.29, 1.82) is 0 Å². The lowest BCUT2D eigenvalue weighted by Gasteiger charge is -2.17. The van der Waals surface area contributed by atoms with E-state index in [1.807, 2.05) is 18.2 Å². The quantitative estimate of drug-likeness (QED) is 0.789. The Morgan fingerprint density at radius 2 is 2.00 bits per heavy atom. The molecule has 0 saturated carbocycles. The molecule has 0 bridgehead atoms. The van der Waals surface area contributed by atoms with E-state index < -0.39 is 10.0 Å². The van der Waals surface area contributed by atoms with Crippen molar-refractivity contribution in [2.45, 2.75) is 17.7 Å². The largest absolute Gasteiger partial charge is 0.493 e. The molecule has 134 valence electrons. The van der Waals surface area contributed by atoms with Gasteiger partial charge in [0.2, 0.25) is 10.0 Å². The SMILES string of the molecule is COc1ccc(CC2CCN(S(=O)(=O)c3cccnc3)C2)cc1OC. The molecule has 6 nitrogen and oxygen atoms in total. The Hall–Kier alpha value is -2.12. The van der Waals surface area contributed by atoms with Gasteiger partial charge in [-0.25, -0.2) is 8.42 Å². The average Bonchev–Trinajstić information content (AvgIpc) is 3.11. The normalized spacial score (nSPS) is 18.2. The van der Waals surface area contributed by atoms with E-state index in [-0.39, 0.29) is 10.8 Å². The van der Waals surface area contributed by atoms with Gasteiger partial charge in [-0.3, -0.25) is 4.98 Å². The van der Waals surface area contributed by atoms with Crippen molar-refractivity contribution >= 4 is 10.0 Å². The minimum absolute atomic E-state index is 0.252. The molecule has 25 heavy (non-hydrogen) atoms. The van der Waals surface area contributed by atoms with E-state index in [2.05, 4.69) is 4.98 Å². The van der Waals surface area contributed by atoms with Crippen LogP contribution in [0, 0.1) is 5.92 Å². The van der Waals surface area contributed by atoms with Gasteiger partial charge in [0.15, 0.2) is 11.5 Å². The van der Waals surface area contributed by atoms with Crippen molar-refractivity contribution in [2.24, 2.45) is 5.92 Å². The first-order chi connectivity index (χ1) is 12.0. The zero-order chi connectivity index (χ0) is 17.9. The molecule has 3 rings (SSSR count). The standard InChI is InChI=1S/C18H22N2O4S/c1-23-17-6-5-14(11-18(17)24-2)10-15-7-9-20(13-15)25(21,22)16-4-3-8-19-12-16/h3-6,8,11-12,15H,7,9-10,13H2,1-2H3. The van der Waals surface area contributed by atoms with Crippen LogP contribution in [0.4, 0.5) is 0 Å². The Balaban J connectivity index is 1.69. The first-order valence-electron chi connectivity index (χ1n) is 8.15. The van der Waals surface area contributed by atoms with Crippen LogP contribution in [0.3, 0.4) is 0 Å². The molecule has 2 heterocycles. The van der Waals surface area contributed by atoms with Crippen LogP contribution in [-0.2, 0) is 16.4 Å². The van der Waals surface area contributed by atoms with E-state index in [9.17, 15) is 8.42 Å². The van der Waals surface area contributed by atoms with Crippen molar-refractivity contribution in [3.05, 3.63) is 48.3 Å². The summed E-state index contributed by atoms with van der Waals surface area (Å²) in [7, 11) is -0.244. The summed E-state index contributed by atoms with van der Waals surface area (Å²) in [4.78, 5) is 4.16. The molecule has 0 N–H and O–H groups in total. The van der Waals surface area contributed by atoms with E-state index >= 15 is 0 Å². The molecule has 1 aliphatic rings. The maximum atomic E-state index is 12.7. The molecule has 2 aromatic rings. The fourth-order valence-corrected chi connectivity index (χ4v) is 4.67. The Labute approximate surface area is 148 Å². The van der Waals surface area contributed by atoms with Gasteiger partial charge in [-0.05, 0) is 48.6 Å². The summed E-state index contributed by atoms with van der Waals surface area (Å²) >= 11 is 0. The molecule has 1 unspecified atom stereocenters. The Bertz CT molecular complexity index is 824. The fraction of sp³-hybridized carbons (Fsp3) is 0.389. The van der Waals surface area contributed by atoms with Gasteiger partial charge in [0, 0.05) is 25.5 Å². The summed E-state index contributed by atoms with van der Waals surface area (Å²) in [5.41, 5.74) is 1.11. The summed E-state index contributed by atoms with van der Waals surface area (Å²) in [6, 6.07) is 9.07. The first kappa shape index (κ1) is 17.7. The zero-order valence-corrected chi connectivity index (χ0v) is 15.2. The number of ether oxygens (including phenoxy) is 2. The highest BCUT2D eigenvalue weighted by atomic mass is 32.2. The van der Waals surface area contributed by atoms with E-state index in [0.29, 0.717) is 24.6 Å². The molecule has 0 aliphatic carbocycles. The molecule has 1 atom stereocenters. The second-order valence-electron chi connectivity index (χ2n) is 6.10. The Morgan fingerprint density at radius 3 is 2.68 bits per heavy atom.